The largest absolute Gasteiger partial charge is 0.466 e. The van der Waals surface area contributed by atoms with Gasteiger partial charge >= 0.3 is 5.97 Å². The number of carbonyl (C=O) groups excluding carboxylic acids is 1. The van der Waals surface area contributed by atoms with Gasteiger partial charge in [-0.25, -0.2) is 4.79 Å². The Hall–Kier alpha value is -0.454. The number of hydrogen-bond acceptors (Lipinski definition) is 2. The Bertz CT molecular complexity index is 357. The number of rotatable bonds is 3. The summed E-state index contributed by atoms with van der Waals surface area (Å²) >= 11 is 0. The minimum atomic E-state index is -0.394. The predicted octanol–water partition coefficient (Wildman–Crippen LogP) is 2.94. The van der Waals surface area contributed by atoms with Gasteiger partial charge in [-0.2, -0.15) is 0 Å². The van der Waals surface area contributed by atoms with Crippen molar-refractivity contribution in [3.8, 4) is 0 Å². The maximum atomic E-state index is 9.84. The van der Waals surface area contributed by atoms with Crippen LogP contribution in [0.15, 0.2) is 50.1 Å². The Morgan fingerprint density at radius 2 is 1.53 bits per heavy atom. The maximum Gasteiger partial charge on any atom is 0.329 e. The molecule has 1 rings (SSSR count). The quantitative estimate of drug-likeness (QED) is 0.471. The Morgan fingerprint density at radius 3 is 1.71 bits per heavy atom. The molecule has 0 bridgehead atoms. The normalized spacial score (nSPS) is 7.59. The molecule has 1 aromatic carbocycles. The van der Waals surface area contributed by atoms with Crippen molar-refractivity contribution in [1.29, 1.82) is 0 Å². The van der Waals surface area contributed by atoms with Crippen LogP contribution in [0.5, 0.6) is 0 Å². The summed E-state index contributed by atoms with van der Waals surface area (Å²) in [4.78, 5) is 9.84. The second kappa shape index (κ2) is 12.0. The van der Waals surface area contributed by atoms with Crippen LogP contribution in [0.3, 0.4) is 0 Å². The monoisotopic (exact) mass is 255 g/mol. The number of hydrogen-bond donors (Lipinski definition) is 0. The van der Waals surface area contributed by atoms with Gasteiger partial charge in [0.2, 0.25) is 0 Å². The van der Waals surface area contributed by atoms with Gasteiger partial charge < -0.3 is 4.74 Å². The first-order chi connectivity index (χ1) is 7.69. The van der Waals surface area contributed by atoms with E-state index in [1.54, 1.807) is 0 Å². The van der Waals surface area contributed by atoms with Gasteiger partial charge in [-0.3, -0.25) is 0 Å². The van der Waals surface area contributed by atoms with Crippen molar-refractivity contribution >= 4 is 69.5 Å². The summed E-state index contributed by atoms with van der Waals surface area (Å²) in [5.74, 6) is -0.394. The molecule has 0 aliphatic rings. The Morgan fingerprint density at radius 1 is 1.12 bits per heavy atom. The van der Waals surface area contributed by atoms with E-state index in [4.69, 9.17) is 0 Å². The van der Waals surface area contributed by atoms with Crippen LogP contribution in [-0.4, -0.2) is 64.5 Å². The van der Waals surface area contributed by atoms with Gasteiger partial charge in [0.1, 0.15) is 0 Å². The molecule has 3 heteroatoms. The van der Waals surface area contributed by atoms with E-state index in [0.717, 1.165) is 17.2 Å². The van der Waals surface area contributed by atoms with Gasteiger partial charge in [-0.1, -0.05) is 56.2 Å². The molecule has 0 spiro atoms. The summed E-state index contributed by atoms with van der Waals surface area (Å²) in [6, 6.07) is 8.02. The molecular formula is C14H16KO2. The molecule has 17 heavy (non-hydrogen) atoms. The van der Waals surface area contributed by atoms with Gasteiger partial charge in [0.05, 0.1) is 7.11 Å². The predicted molar refractivity (Wildman–Crippen MR) is 74.6 cm³/mol. The molecule has 0 atom stereocenters. The van der Waals surface area contributed by atoms with Gasteiger partial charge in [-0.15, -0.1) is 0 Å². The van der Waals surface area contributed by atoms with E-state index in [0.29, 0.717) is 0 Å². The number of ether oxygens (including phenoxy) is 1. The van der Waals surface area contributed by atoms with Crippen LogP contribution in [0.25, 0.3) is 12.2 Å². The molecule has 0 amide bonds. The van der Waals surface area contributed by atoms with Gasteiger partial charge in [-0.05, 0) is 11.1 Å². The van der Waals surface area contributed by atoms with E-state index in [-0.39, 0.29) is 51.4 Å². The van der Waals surface area contributed by atoms with Crippen molar-refractivity contribution in [3.63, 3.8) is 0 Å². The Kier molecular flexibility index (Phi) is 13.4. The number of carbonyl (C=O) groups is 1. The molecule has 1 aromatic rings. The summed E-state index contributed by atoms with van der Waals surface area (Å²) in [5.41, 5.74) is 2.27. The molecule has 2 nitrogen and oxygen atoms in total. The molecule has 0 saturated carbocycles. The summed E-state index contributed by atoms with van der Waals surface area (Å²) in [5, 5.41) is 0. The van der Waals surface area contributed by atoms with Crippen molar-refractivity contribution in [2.24, 2.45) is 0 Å². The van der Waals surface area contributed by atoms with Crippen molar-refractivity contribution < 1.29 is 9.53 Å². The van der Waals surface area contributed by atoms with E-state index in [2.05, 4.69) is 24.5 Å². The smallest absolute Gasteiger partial charge is 0.329 e. The number of methoxy groups -OCH3 is 1. The minimum absolute atomic E-state index is 0. The molecule has 0 aromatic heterocycles. The zero-order chi connectivity index (χ0) is 12.4. The van der Waals surface area contributed by atoms with Crippen molar-refractivity contribution in [1.82, 2.24) is 0 Å². The first kappa shape index (κ1) is 18.9. The number of esters is 1. The molecule has 0 fully saturated rings. The van der Waals surface area contributed by atoms with Gasteiger partial charge in [0.25, 0.3) is 0 Å². The van der Waals surface area contributed by atoms with Crippen LogP contribution >= 0.6 is 0 Å². The van der Waals surface area contributed by atoms with Crippen molar-refractivity contribution in [3.05, 3.63) is 61.2 Å². The molecule has 0 aliphatic heterocycles. The Balaban J connectivity index is 0. The molecular weight excluding hydrogens is 239 g/mol. The van der Waals surface area contributed by atoms with E-state index in [1.807, 2.05) is 36.4 Å². The molecule has 0 saturated heterocycles. The molecule has 0 N–H and O–H groups in total. The molecule has 1 radical (unpaired) electrons. The van der Waals surface area contributed by atoms with Gasteiger partial charge in [0.15, 0.2) is 0 Å². The second-order valence-corrected chi connectivity index (χ2v) is 2.76. The van der Waals surface area contributed by atoms with E-state index >= 15 is 0 Å². The summed E-state index contributed by atoms with van der Waals surface area (Å²) in [7, 11) is 1.31. The summed E-state index contributed by atoms with van der Waals surface area (Å²) in [6.45, 7) is 10.5. The van der Waals surface area contributed by atoms with Crippen LogP contribution in [-0.2, 0) is 9.53 Å². The van der Waals surface area contributed by atoms with Crippen LogP contribution in [0.4, 0.5) is 0 Å². The van der Waals surface area contributed by atoms with Crippen molar-refractivity contribution in [2.45, 2.75) is 0 Å². The fourth-order valence-electron chi connectivity index (χ4n) is 0.966. The third-order valence-corrected chi connectivity index (χ3v) is 1.80. The third-order valence-electron chi connectivity index (χ3n) is 1.80. The molecule has 0 aliphatic carbocycles. The van der Waals surface area contributed by atoms with E-state index < -0.39 is 5.97 Å². The van der Waals surface area contributed by atoms with Crippen LogP contribution < -0.4 is 0 Å². The molecule has 0 unspecified atom stereocenters. The van der Waals surface area contributed by atoms with Crippen LogP contribution in [0, 0.1) is 0 Å². The fraction of sp³-hybridized carbons (Fsp3) is 0.0714. The standard InChI is InChI=1S/C10H10.C4H6O2.K/c1-3-9-7-5-6-8-10(9)4-2;1-3-4(5)6-2;/h3-8H,1-2H2;3H,1H2,2H3;. The van der Waals surface area contributed by atoms with Crippen LogP contribution in [0.2, 0.25) is 0 Å². The summed E-state index contributed by atoms with van der Waals surface area (Å²) in [6.07, 6.45) is 4.77. The van der Waals surface area contributed by atoms with Crippen molar-refractivity contribution in [2.75, 3.05) is 7.11 Å². The Labute approximate surface area is 145 Å². The average Bonchev–Trinajstić information content (AvgIpc) is 2.38. The second-order valence-electron chi connectivity index (χ2n) is 2.76. The van der Waals surface area contributed by atoms with Gasteiger partial charge in [0, 0.05) is 57.5 Å². The third kappa shape index (κ3) is 8.29. The summed E-state index contributed by atoms with van der Waals surface area (Å²) < 4.78 is 4.14. The molecule has 0 heterocycles. The average molecular weight is 255 g/mol. The topological polar surface area (TPSA) is 26.3 Å². The van der Waals surface area contributed by atoms with Crippen LogP contribution in [0.1, 0.15) is 11.1 Å². The zero-order valence-electron chi connectivity index (χ0n) is 10.5. The first-order valence-electron chi connectivity index (χ1n) is 4.73. The zero-order valence-corrected chi connectivity index (χ0v) is 13.6. The molecule has 85 valence electrons. The first-order valence-corrected chi connectivity index (χ1v) is 4.73. The maximum absolute atomic E-state index is 9.84. The van der Waals surface area contributed by atoms with E-state index in [1.165, 1.54) is 7.11 Å². The minimum Gasteiger partial charge on any atom is -0.466 e. The SMILES string of the molecule is C=CC(=O)OC.C=Cc1ccccc1C=C.[K]. The van der Waals surface area contributed by atoms with E-state index in [9.17, 15) is 4.79 Å². The fourth-order valence-corrected chi connectivity index (χ4v) is 0.966. The number of benzene rings is 1.